The number of ether oxygens (including phenoxy) is 2. The number of furan rings is 1. The third-order valence-electron chi connectivity index (χ3n) is 11.0. The van der Waals surface area contributed by atoms with Gasteiger partial charge in [-0.1, -0.05) is 92.7 Å². The van der Waals surface area contributed by atoms with Crippen molar-refractivity contribution in [2.75, 3.05) is 7.11 Å². The van der Waals surface area contributed by atoms with Crippen molar-refractivity contribution in [2.45, 2.75) is 50.5 Å². The third kappa shape index (κ3) is 3.54. The second kappa shape index (κ2) is 9.99. The van der Waals surface area contributed by atoms with Gasteiger partial charge < -0.3 is 13.9 Å². The monoisotopic (exact) mass is 600 g/mol. The second-order valence-corrected chi connectivity index (χ2v) is 12.9. The van der Waals surface area contributed by atoms with Gasteiger partial charge in [-0.3, -0.25) is 0 Å². The molecule has 3 heteroatoms. The fourth-order valence-corrected chi connectivity index (χ4v) is 8.71. The number of benzene rings is 5. The highest BCUT2D eigenvalue weighted by atomic mass is 16.5. The molecule has 0 N–H and O–H groups in total. The van der Waals surface area contributed by atoms with Gasteiger partial charge in [0.1, 0.15) is 22.8 Å². The van der Waals surface area contributed by atoms with E-state index in [1.807, 2.05) is 6.07 Å². The quantitative estimate of drug-likeness (QED) is 0.197. The van der Waals surface area contributed by atoms with Crippen LogP contribution in [0, 0.1) is 0 Å². The molecule has 0 amide bonds. The molecule has 3 aliphatic rings. The molecular formula is C43H36O3. The van der Waals surface area contributed by atoms with Gasteiger partial charge in [0.05, 0.1) is 7.11 Å². The number of para-hydroxylation sites is 1. The molecule has 5 aromatic carbocycles. The Labute approximate surface area is 269 Å². The second-order valence-electron chi connectivity index (χ2n) is 12.9. The van der Waals surface area contributed by atoms with Crippen LogP contribution >= 0.6 is 0 Å². The lowest BCUT2D eigenvalue weighted by Crippen LogP contribution is -2.37. The fraction of sp³-hybridized carbons (Fsp3) is 0.209. The topological polar surface area (TPSA) is 31.6 Å². The highest BCUT2D eigenvalue weighted by Crippen LogP contribution is 2.61. The molecular weight excluding hydrogens is 564 g/mol. The zero-order chi connectivity index (χ0) is 31.0. The van der Waals surface area contributed by atoms with Gasteiger partial charge >= 0.3 is 0 Å². The average Bonchev–Trinajstić information content (AvgIpc) is 3.65. The molecule has 3 nitrogen and oxygen atoms in total. The molecule has 9 rings (SSSR count). The first-order chi connectivity index (χ1) is 22.6. The minimum atomic E-state index is -0.777. The van der Waals surface area contributed by atoms with E-state index in [1.54, 1.807) is 7.11 Å². The van der Waals surface area contributed by atoms with Gasteiger partial charge in [0.2, 0.25) is 0 Å². The molecule has 0 bridgehead atoms. The van der Waals surface area contributed by atoms with E-state index in [1.165, 1.54) is 44.3 Å². The molecule has 0 fully saturated rings. The summed E-state index contributed by atoms with van der Waals surface area (Å²) < 4.78 is 19.8. The Balaban J connectivity index is 1.35. The van der Waals surface area contributed by atoms with Crippen molar-refractivity contribution in [3.63, 3.8) is 0 Å². The smallest absolute Gasteiger partial charge is 0.174 e. The summed E-state index contributed by atoms with van der Waals surface area (Å²) in [5.74, 6) is 2.81. The SMILES string of the molecule is CCC1(CC)c2ccccc2-c2c1c1c(c3cc(OC)ccc23)OC(C2=Cc3c(oc4ccccc34)CC2)(c2ccccc2)C=C1. The van der Waals surface area contributed by atoms with E-state index < -0.39 is 5.60 Å². The third-order valence-corrected chi connectivity index (χ3v) is 11.0. The van der Waals surface area contributed by atoms with Gasteiger partial charge in [-0.05, 0) is 88.9 Å². The molecule has 226 valence electrons. The summed E-state index contributed by atoms with van der Waals surface area (Å²) in [7, 11) is 1.74. The van der Waals surface area contributed by atoms with E-state index in [4.69, 9.17) is 13.9 Å². The first-order valence-corrected chi connectivity index (χ1v) is 16.5. The predicted molar refractivity (Wildman–Crippen MR) is 188 cm³/mol. The van der Waals surface area contributed by atoms with E-state index >= 15 is 0 Å². The molecule has 0 saturated carbocycles. The summed E-state index contributed by atoms with van der Waals surface area (Å²) in [6.07, 6.45) is 10.7. The van der Waals surface area contributed by atoms with Crippen molar-refractivity contribution in [3.8, 4) is 22.6 Å². The average molecular weight is 601 g/mol. The van der Waals surface area contributed by atoms with Crippen molar-refractivity contribution in [3.05, 3.63) is 142 Å². The number of aryl methyl sites for hydroxylation is 1. The van der Waals surface area contributed by atoms with Crippen molar-refractivity contribution in [1.29, 1.82) is 0 Å². The van der Waals surface area contributed by atoms with Crippen molar-refractivity contribution in [1.82, 2.24) is 0 Å². The van der Waals surface area contributed by atoms with Gasteiger partial charge in [0, 0.05) is 39.3 Å². The number of hydrogen-bond acceptors (Lipinski definition) is 3. The van der Waals surface area contributed by atoms with E-state index in [0.29, 0.717) is 0 Å². The Hall–Kier alpha value is -5.02. The number of hydrogen-bond donors (Lipinski definition) is 0. The van der Waals surface area contributed by atoms with Crippen molar-refractivity contribution < 1.29 is 13.9 Å². The Morgan fingerprint density at radius 2 is 1.54 bits per heavy atom. The zero-order valence-corrected chi connectivity index (χ0v) is 26.5. The van der Waals surface area contributed by atoms with Crippen LogP contribution in [0.15, 0.2) is 113 Å². The molecule has 1 aliphatic heterocycles. The molecule has 46 heavy (non-hydrogen) atoms. The maximum atomic E-state index is 7.63. The maximum absolute atomic E-state index is 7.63. The minimum Gasteiger partial charge on any atom is -0.497 e. The van der Waals surface area contributed by atoms with Gasteiger partial charge in [-0.25, -0.2) is 0 Å². The summed E-state index contributed by atoms with van der Waals surface area (Å²) in [5.41, 5.74) is 10.3. The summed E-state index contributed by atoms with van der Waals surface area (Å²) in [6, 6.07) is 34.6. The van der Waals surface area contributed by atoms with Crippen molar-refractivity contribution in [2.24, 2.45) is 0 Å². The Morgan fingerprint density at radius 3 is 2.37 bits per heavy atom. The van der Waals surface area contributed by atoms with Crippen LogP contribution in [0.4, 0.5) is 0 Å². The fourth-order valence-electron chi connectivity index (χ4n) is 8.71. The van der Waals surface area contributed by atoms with Crippen LogP contribution in [0.5, 0.6) is 11.5 Å². The lowest BCUT2D eigenvalue weighted by molar-refractivity contribution is 0.154. The molecule has 2 aliphatic carbocycles. The molecule has 0 radical (unpaired) electrons. The predicted octanol–water partition coefficient (Wildman–Crippen LogP) is 11.0. The van der Waals surface area contributed by atoms with Crippen LogP contribution in [0.1, 0.15) is 66.7 Å². The van der Waals surface area contributed by atoms with Gasteiger partial charge in [0.25, 0.3) is 0 Å². The molecule has 0 spiro atoms. The Bertz CT molecular complexity index is 2250. The Kier molecular flexibility index (Phi) is 5.93. The lowest BCUT2D eigenvalue weighted by Gasteiger charge is -2.41. The first kappa shape index (κ1) is 27.3. The Morgan fingerprint density at radius 1 is 0.761 bits per heavy atom. The van der Waals surface area contributed by atoms with Crippen LogP contribution in [0.3, 0.4) is 0 Å². The van der Waals surface area contributed by atoms with Crippen LogP contribution in [-0.2, 0) is 17.4 Å². The zero-order valence-electron chi connectivity index (χ0n) is 26.5. The summed E-state index contributed by atoms with van der Waals surface area (Å²) in [6.45, 7) is 4.67. The molecule has 1 unspecified atom stereocenters. The highest BCUT2D eigenvalue weighted by Gasteiger charge is 2.47. The van der Waals surface area contributed by atoms with E-state index in [-0.39, 0.29) is 5.41 Å². The lowest BCUT2D eigenvalue weighted by atomic mass is 9.70. The number of rotatable bonds is 5. The summed E-state index contributed by atoms with van der Waals surface area (Å²) in [4.78, 5) is 0. The number of methoxy groups -OCH3 is 1. The van der Waals surface area contributed by atoms with Crippen LogP contribution in [0.25, 0.3) is 45.0 Å². The van der Waals surface area contributed by atoms with Crippen LogP contribution < -0.4 is 9.47 Å². The summed E-state index contributed by atoms with van der Waals surface area (Å²) in [5, 5.41) is 3.45. The molecule has 0 saturated heterocycles. The van der Waals surface area contributed by atoms with Crippen molar-refractivity contribution >= 4 is 33.9 Å². The molecule has 2 heterocycles. The van der Waals surface area contributed by atoms with E-state index in [2.05, 4.69) is 123 Å². The van der Waals surface area contributed by atoms with E-state index in [9.17, 15) is 0 Å². The first-order valence-electron chi connectivity index (χ1n) is 16.5. The van der Waals surface area contributed by atoms with Crippen LogP contribution in [0.2, 0.25) is 0 Å². The molecule has 1 aromatic heterocycles. The number of fused-ring (bicyclic) bond motifs is 11. The van der Waals surface area contributed by atoms with Gasteiger partial charge in [0.15, 0.2) is 5.60 Å². The van der Waals surface area contributed by atoms with Crippen LogP contribution in [-0.4, -0.2) is 7.11 Å². The normalized spacial score (nSPS) is 18.8. The maximum Gasteiger partial charge on any atom is 0.174 e. The van der Waals surface area contributed by atoms with Gasteiger partial charge in [-0.15, -0.1) is 0 Å². The summed E-state index contributed by atoms with van der Waals surface area (Å²) >= 11 is 0. The van der Waals surface area contributed by atoms with E-state index in [0.717, 1.165) is 64.9 Å². The standard InChI is InChI=1S/C43H36O3/c1-4-42(5-2)36-17-11-9-16-32(36)39-31-21-20-29(44-3)26-35(31)41-33(40(39)42)23-24-43(46-41,27-13-7-6-8-14-27)28-19-22-38-34(25-28)30-15-10-12-18-37(30)45-38/h6-18,20-21,23-26H,4-5,19,22H2,1-3H3. The largest absolute Gasteiger partial charge is 0.497 e. The molecule has 1 atom stereocenters. The molecule has 6 aromatic rings. The minimum absolute atomic E-state index is 0.0979. The van der Waals surface area contributed by atoms with Gasteiger partial charge in [-0.2, -0.15) is 0 Å². The highest BCUT2D eigenvalue weighted by molar-refractivity contribution is 6.09.